The lowest BCUT2D eigenvalue weighted by molar-refractivity contribution is 0.623. The highest BCUT2D eigenvalue weighted by atomic mass is 15.2. The molecule has 88 valence electrons. The number of rotatable bonds is 3. The molecule has 0 saturated carbocycles. The van der Waals surface area contributed by atoms with Gasteiger partial charge in [0.05, 0.1) is 11.4 Å². The van der Waals surface area contributed by atoms with Crippen LogP contribution in [0.5, 0.6) is 0 Å². The van der Waals surface area contributed by atoms with Gasteiger partial charge in [0.25, 0.3) is 0 Å². The summed E-state index contributed by atoms with van der Waals surface area (Å²) in [5.41, 5.74) is 8.02. The summed E-state index contributed by atoms with van der Waals surface area (Å²) < 4.78 is 0. The molecule has 2 rings (SSSR count). The molecule has 1 aliphatic heterocycles. The van der Waals surface area contributed by atoms with Crippen molar-refractivity contribution in [3.8, 4) is 0 Å². The van der Waals surface area contributed by atoms with Crippen molar-refractivity contribution in [1.82, 2.24) is 4.98 Å². The Labute approximate surface area is 97.7 Å². The molecule has 0 amide bonds. The molecule has 1 fully saturated rings. The maximum absolute atomic E-state index is 5.76. The number of nitrogens with zero attached hydrogens (tertiary/aromatic N) is 2. The zero-order valence-corrected chi connectivity index (χ0v) is 10.2. The van der Waals surface area contributed by atoms with E-state index in [1.165, 1.54) is 24.9 Å². The Balaban J connectivity index is 2.34. The predicted molar refractivity (Wildman–Crippen MR) is 67.4 cm³/mol. The highest BCUT2D eigenvalue weighted by Crippen LogP contribution is 2.33. The van der Waals surface area contributed by atoms with E-state index in [1.807, 2.05) is 12.3 Å². The van der Waals surface area contributed by atoms with Crippen LogP contribution in [0.1, 0.15) is 38.8 Å². The van der Waals surface area contributed by atoms with Gasteiger partial charge in [0, 0.05) is 24.8 Å². The summed E-state index contributed by atoms with van der Waals surface area (Å²) in [5, 5.41) is 0. The van der Waals surface area contributed by atoms with E-state index in [9.17, 15) is 0 Å². The number of hydrogen-bond donors (Lipinski definition) is 1. The van der Waals surface area contributed by atoms with Crippen molar-refractivity contribution in [2.75, 3.05) is 4.90 Å². The predicted octanol–water partition coefficient (Wildman–Crippen LogP) is 2.31. The minimum atomic E-state index is 0.524. The first kappa shape index (κ1) is 11.4. The van der Waals surface area contributed by atoms with Crippen molar-refractivity contribution in [3.63, 3.8) is 0 Å². The molecule has 3 nitrogen and oxygen atoms in total. The first-order valence-electron chi connectivity index (χ1n) is 6.20. The summed E-state index contributed by atoms with van der Waals surface area (Å²) in [5.74, 6) is 0. The fraction of sp³-hybridized carbons (Fsp3) is 0.615. The van der Waals surface area contributed by atoms with Crippen LogP contribution in [-0.4, -0.2) is 17.1 Å². The molecule has 0 spiro atoms. The average Bonchev–Trinajstić information content (AvgIpc) is 2.70. The first-order chi connectivity index (χ1) is 7.77. The van der Waals surface area contributed by atoms with E-state index in [1.54, 1.807) is 0 Å². The molecule has 2 heterocycles. The molecule has 2 unspecified atom stereocenters. The van der Waals surface area contributed by atoms with E-state index in [-0.39, 0.29) is 0 Å². The molecule has 0 aromatic carbocycles. The SMILES string of the molecule is CCC1CCC(C)N1c1cccnc1CN. The molecule has 1 aromatic rings. The standard InChI is InChI=1S/C13H21N3/c1-3-11-7-6-10(2)16(11)13-5-4-8-15-12(13)9-14/h4-5,8,10-11H,3,6-7,9,14H2,1-2H3. The molecule has 0 bridgehead atoms. The van der Waals surface area contributed by atoms with Crippen LogP contribution in [0.2, 0.25) is 0 Å². The van der Waals surface area contributed by atoms with E-state index in [2.05, 4.69) is 29.8 Å². The van der Waals surface area contributed by atoms with Crippen molar-refractivity contribution in [2.24, 2.45) is 5.73 Å². The van der Waals surface area contributed by atoms with Crippen molar-refractivity contribution < 1.29 is 0 Å². The summed E-state index contributed by atoms with van der Waals surface area (Å²) in [6.07, 6.45) is 5.59. The maximum Gasteiger partial charge on any atom is 0.0772 e. The Kier molecular flexibility index (Phi) is 3.44. The summed E-state index contributed by atoms with van der Waals surface area (Å²) in [7, 11) is 0. The summed E-state index contributed by atoms with van der Waals surface area (Å²) in [6.45, 7) is 5.08. The second-order valence-corrected chi connectivity index (χ2v) is 4.57. The van der Waals surface area contributed by atoms with Crippen LogP contribution in [0.25, 0.3) is 0 Å². The smallest absolute Gasteiger partial charge is 0.0772 e. The third kappa shape index (κ3) is 1.92. The van der Waals surface area contributed by atoms with Crippen LogP contribution >= 0.6 is 0 Å². The molecule has 1 aliphatic rings. The fourth-order valence-electron chi connectivity index (χ4n) is 2.73. The summed E-state index contributed by atoms with van der Waals surface area (Å²) in [4.78, 5) is 6.89. The second-order valence-electron chi connectivity index (χ2n) is 4.57. The van der Waals surface area contributed by atoms with Crippen molar-refractivity contribution >= 4 is 5.69 Å². The van der Waals surface area contributed by atoms with E-state index in [4.69, 9.17) is 5.73 Å². The maximum atomic E-state index is 5.76. The van der Waals surface area contributed by atoms with Gasteiger partial charge < -0.3 is 10.6 Å². The van der Waals surface area contributed by atoms with Crippen molar-refractivity contribution in [2.45, 2.75) is 51.7 Å². The molecule has 16 heavy (non-hydrogen) atoms. The number of pyridine rings is 1. The highest BCUT2D eigenvalue weighted by molar-refractivity contribution is 5.53. The zero-order chi connectivity index (χ0) is 11.5. The monoisotopic (exact) mass is 219 g/mol. The minimum Gasteiger partial charge on any atom is -0.364 e. The van der Waals surface area contributed by atoms with Crippen LogP contribution in [0.15, 0.2) is 18.3 Å². The minimum absolute atomic E-state index is 0.524. The van der Waals surface area contributed by atoms with Gasteiger partial charge in [0.15, 0.2) is 0 Å². The van der Waals surface area contributed by atoms with E-state index < -0.39 is 0 Å². The Morgan fingerprint density at radius 1 is 1.50 bits per heavy atom. The molecule has 1 aromatic heterocycles. The molecule has 0 radical (unpaired) electrons. The lowest BCUT2D eigenvalue weighted by atomic mass is 10.1. The largest absolute Gasteiger partial charge is 0.364 e. The van der Waals surface area contributed by atoms with Crippen LogP contribution in [0.4, 0.5) is 5.69 Å². The quantitative estimate of drug-likeness (QED) is 0.848. The van der Waals surface area contributed by atoms with Gasteiger partial charge in [0.1, 0.15) is 0 Å². The second kappa shape index (κ2) is 4.83. The zero-order valence-electron chi connectivity index (χ0n) is 10.2. The van der Waals surface area contributed by atoms with Gasteiger partial charge in [-0.2, -0.15) is 0 Å². The van der Waals surface area contributed by atoms with Crippen LogP contribution in [-0.2, 0) is 6.54 Å². The average molecular weight is 219 g/mol. The highest BCUT2D eigenvalue weighted by Gasteiger charge is 2.30. The van der Waals surface area contributed by atoms with Crippen LogP contribution < -0.4 is 10.6 Å². The number of aromatic nitrogens is 1. The van der Waals surface area contributed by atoms with Gasteiger partial charge in [-0.3, -0.25) is 4.98 Å². The summed E-state index contributed by atoms with van der Waals surface area (Å²) in [6, 6.07) is 5.43. The number of hydrogen-bond acceptors (Lipinski definition) is 3. The molecular weight excluding hydrogens is 198 g/mol. The van der Waals surface area contributed by atoms with Gasteiger partial charge in [-0.25, -0.2) is 0 Å². The number of anilines is 1. The molecule has 2 atom stereocenters. The normalized spacial score (nSPS) is 25.1. The van der Waals surface area contributed by atoms with E-state index >= 15 is 0 Å². The van der Waals surface area contributed by atoms with Crippen LogP contribution in [0, 0.1) is 0 Å². The van der Waals surface area contributed by atoms with E-state index in [0.29, 0.717) is 18.6 Å². The van der Waals surface area contributed by atoms with Gasteiger partial charge in [-0.1, -0.05) is 6.92 Å². The van der Waals surface area contributed by atoms with Gasteiger partial charge in [-0.15, -0.1) is 0 Å². The van der Waals surface area contributed by atoms with Crippen molar-refractivity contribution in [3.05, 3.63) is 24.0 Å². The third-order valence-electron chi connectivity index (χ3n) is 3.59. The lowest BCUT2D eigenvalue weighted by Crippen LogP contribution is -2.35. The summed E-state index contributed by atoms with van der Waals surface area (Å²) >= 11 is 0. The number of nitrogens with two attached hydrogens (primary N) is 1. The molecular formula is C13H21N3. The molecule has 1 saturated heterocycles. The Bertz CT molecular complexity index is 351. The Morgan fingerprint density at radius 3 is 3.00 bits per heavy atom. The fourth-order valence-corrected chi connectivity index (χ4v) is 2.73. The topological polar surface area (TPSA) is 42.2 Å². The van der Waals surface area contributed by atoms with Gasteiger partial charge >= 0.3 is 0 Å². The molecule has 0 aliphatic carbocycles. The molecule has 3 heteroatoms. The van der Waals surface area contributed by atoms with E-state index in [0.717, 1.165) is 5.69 Å². The van der Waals surface area contributed by atoms with Crippen molar-refractivity contribution in [1.29, 1.82) is 0 Å². The Hall–Kier alpha value is -1.09. The van der Waals surface area contributed by atoms with Crippen LogP contribution in [0.3, 0.4) is 0 Å². The lowest BCUT2D eigenvalue weighted by Gasteiger charge is -2.31. The first-order valence-corrected chi connectivity index (χ1v) is 6.20. The van der Waals surface area contributed by atoms with Gasteiger partial charge in [-0.05, 0) is 38.3 Å². The third-order valence-corrected chi connectivity index (χ3v) is 3.59. The van der Waals surface area contributed by atoms with Gasteiger partial charge in [0.2, 0.25) is 0 Å². The molecule has 2 N–H and O–H groups in total. The Morgan fingerprint density at radius 2 is 2.31 bits per heavy atom.